The molecule has 0 saturated heterocycles. The Morgan fingerprint density at radius 2 is 1.00 bits per heavy atom. The van der Waals surface area contributed by atoms with Gasteiger partial charge < -0.3 is 10.6 Å². The maximum atomic E-state index is 3.85. The average Bonchev–Trinajstić information content (AvgIpc) is 2.31. The normalized spacial score (nSPS) is 28.7. The van der Waals surface area contributed by atoms with Crippen molar-refractivity contribution in [1.82, 2.24) is 10.6 Å². The fourth-order valence-electron chi connectivity index (χ4n) is 2.59. The van der Waals surface area contributed by atoms with Crippen molar-refractivity contribution < 1.29 is 0 Å². The quantitative estimate of drug-likeness (QED) is 0.757. The maximum Gasteiger partial charge on any atom is 0.0223 e. The van der Waals surface area contributed by atoms with Crippen LogP contribution in [0.25, 0.3) is 0 Å². The molecule has 0 radical (unpaired) electrons. The molecule has 4 atom stereocenters. The van der Waals surface area contributed by atoms with Crippen LogP contribution in [0.3, 0.4) is 0 Å². The van der Waals surface area contributed by atoms with Crippen molar-refractivity contribution >= 4 is 0 Å². The standard InChI is InChI=1S/C16H34N2/c1-11(2)13(5)17-15-9-7-8-10-16(15)18-14(6)12(3)4/h11-18H,7-10H2,1-6H3/t13?,14?,15-,16-/m1/s1. The highest BCUT2D eigenvalue weighted by Crippen LogP contribution is 2.21. The van der Waals surface area contributed by atoms with E-state index >= 15 is 0 Å². The molecule has 18 heavy (non-hydrogen) atoms. The molecule has 1 saturated carbocycles. The van der Waals surface area contributed by atoms with Gasteiger partial charge in [-0.2, -0.15) is 0 Å². The maximum absolute atomic E-state index is 3.85. The van der Waals surface area contributed by atoms with Crippen LogP contribution in [-0.2, 0) is 0 Å². The molecule has 108 valence electrons. The molecule has 0 spiro atoms. The number of nitrogens with one attached hydrogen (secondary N) is 2. The minimum absolute atomic E-state index is 0.617. The van der Waals surface area contributed by atoms with Gasteiger partial charge >= 0.3 is 0 Å². The minimum atomic E-state index is 0.617. The summed E-state index contributed by atoms with van der Waals surface area (Å²) in [6, 6.07) is 2.56. The molecule has 0 heterocycles. The monoisotopic (exact) mass is 254 g/mol. The Hall–Kier alpha value is -0.0800. The van der Waals surface area contributed by atoms with E-state index in [1.807, 2.05) is 0 Å². The lowest BCUT2D eigenvalue weighted by atomic mass is 9.88. The van der Waals surface area contributed by atoms with Gasteiger partial charge in [0.15, 0.2) is 0 Å². The topological polar surface area (TPSA) is 24.1 Å². The zero-order chi connectivity index (χ0) is 13.7. The summed E-state index contributed by atoms with van der Waals surface area (Å²) in [5, 5.41) is 7.70. The Bertz CT molecular complexity index is 201. The molecule has 1 aliphatic carbocycles. The summed E-state index contributed by atoms with van der Waals surface area (Å²) in [7, 11) is 0. The molecular weight excluding hydrogens is 220 g/mol. The molecule has 0 aliphatic heterocycles. The third kappa shape index (κ3) is 4.89. The fraction of sp³-hybridized carbons (Fsp3) is 1.00. The zero-order valence-corrected chi connectivity index (χ0v) is 13.3. The Morgan fingerprint density at radius 1 is 0.667 bits per heavy atom. The van der Waals surface area contributed by atoms with Gasteiger partial charge in [-0.3, -0.25) is 0 Å². The predicted octanol–water partition coefficient (Wildman–Crippen LogP) is 3.57. The van der Waals surface area contributed by atoms with Gasteiger partial charge in [0, 0.05) is 24.2 Å². The molecule has 0 aromatic carbocycles. The smallest absolute Gasteiger partial charge is 0.0223 e. The first-order valence-corrected chi connectivity index (χ1v) is 7.94. The second-order valence-electron chi connectivity index (χ2n) is 6.90. The van der Waals surface area contributed by atoms with E-state index in [-0.39, 0.29) is 0 Å². The van der Waals surface area contributed by atoms with Gasteiger partial charge in [-0.05, 0) is 38.5 Å². The largest absolute Gasteiger partial charge is 0.310 e. The van der Waals surface area contributed by atoms with Gasteiger partial charge in [-0.15, -0.1) is 0 Å². The van der Waals surface area contributed by atoms with Crippen LogP contribution in [-0.4, -0.2) is 24.2 Å². The predicted molar refractivity (Wildman–Crippen MR) is 80.9 cm³/mol. The van der Waals surface area contributed by atoms with Crippen LogP contribution in [0.5, 0.6) is 0 Å². The van der Waals surface area contributed by atoms with Gasteiger partial charge in [0.1, 0.15) is 0 Å². The van der Waals surface area contributed by atoms with E-state index in [2.05, 4.69) is 52.2 Å². The number of hydrogen-bond donors (Lipinski definition) is 2. The van der Waals surface area contributed by atoms with E-state index in [0.29, 0.717) is 24.2 Å². The summed E-state index contributed by atoms with van der Waals surface area (Å²) >= 11 is 0. The van der Waals surface area contributed by atoms with E-state index in [9.17, 15) is 0 Å². The molecule has 0 aromatic rings. The third-order valence-corrected chi connectivity index (χ3v) is 4.72. The number of hydrogen-bond acceptors (Lipinski definition) is 2. The van der Waals surface area contributed by atoms with Crippen LogP contribution in [0.1, 0.15) is 67.2 Å². The molecule has 2 nitrogen and oxygen atoms in total. The molecule has 2 N–H and O–H groups in total. The highest BCUT2D eigenvalue weighted by atomic mass is 15.1. The first-order chi connectivity index (χ1) is 8.41. The summed E-state index contributed by atoms with van der Waals surface area (Å²) in [6.45, 7) is 13.9. The van der Waals surface area contributed by atoms with Gasteiger partial charge in [0.05, 0.1) is 0 Å². The second kappa shape index (κ2) is 7.49. The van der Waals surface area contributed by atoms with E-state index in [4.69, 9.17) is 0 Å². The van der Waals surface area contributed by atoms with Crippen LogP contribution in [0.4, 0.5) is 0 Å². The number of rotatable bonds is 6. The van der Waals surface area contributed by atoms with Crippen LogP contribution in [0.15, 0.2) is 0 Å². The Labute approximate surface area is 114 Å². The first kappa shape index (κ1) is 16.0. The van der Waals surface area contributed by atoms with Crippen LogP contribution in [0.2, 0.25) is 0 Å². The van der Waals surface area contributed by atoms with Gasteiger partial charge in [-0.1, -0.05) is 40.5 Å². The lowest BCUT2D eigenvalue weighted by Crippen LogP contribution is -2.55. The summed E-state index contributed by atoms with van der Waals surface area (Å²) < 4.78 is 0. The molecular formula is C16H34N2. The van der Waals surface area contributed by atoms with E-state index in [1.54, 1.807) is 0 Å². The average molecular weight is 254 g/mol. The fourth-order valence-corrected chi connectivity index (χ4v) is 2.59. The summed E-state index contributed by atoms with van der Waals surface area (Å²) in [5.74, 6) is 1.44. The summed E-state index contributed by atoms with van der Waals surface area (Å²) in [6.07, 6.45) is 5.44. The van der Waals surface area contributed by atoms with Gasteiger partial charge in [-0.25, -0.2) is 0 Å². The van der Waals surface area contributed by atoms with Crippen molar-refractivity contribution in [3.8, 4) is 0 Å². The lowest BCUT2D eigenvalue weighted by Gasteiger charge is -2.38. The Kier molecular flexibility index (Phi) is 6.65. The minimum Gasteiger partial charge on any atom is -0.310 e. The van der Waals surface area contributed by atoms with Gasteiger partial charge in [0.25, 0.3) is 0 Å². The first-order valence-electron chi connectivity index (χ1n) is 7.94. The lowest BCUT2D eigenvalue weighted by molar-refractivity contribution is 0.225. The van der Waals surface area contributed by atoms with Crippen molar-refractivity contribution in [3.05, 3.63) is 0 Å². The molecule has 2 heteroatoms. The highest BCUT2D eigenvalue weighted by molar-refractivity contribution is 4.89. The molecule has 0 aromatic heterocycles. The summed E-state index contributed by atoms with van der Waals surface area (Å²) in [5.41, 5.74) is 0. The third-order valence-electron chi connectivity index (χ3n) is 4.72. The zero-order valence-electron chi connectivity index (χ0n) is 13.3. The highest BCUT2D eigenvalue weighted by Gasteiger charge is 2.27. The van der Waals surface area contributed by atoms with Crippen molar-refractivity contribution in [1.29, 1.82) is 0 Å². The molecule has 1 rings (SSSR count). The van der Waals surface area contributed by atoms with Crippen molar-refractivity contribution in [2.45, 2.75) is 91.4 Å². The van der Waals surface area contributed by atoms with Crippen LogP contribution in [0, 0.1) is 11.8 Å². The Balaban J connectivity index is 2.51. The molecule has 1 fully saturated rings. The van der Waals surface area contributed by atoms with Crippen LogP contribution < -0.4 is 10.6 Å². The molecule has 2 unspecified atom stereocenters. The van der Waals surface area contributed by atoms with Crippen LogP contribution >= 0.6 is 0 Å². The van der Waals surface area contributed by atoms with E-state index in [1.165, 1.54) is 25.7 Å². The molecule has 0 bridgehead atoms. The molecule has 0 amide bonds. The Morgan fingerprint density at radius 3 is 1.28 bits per heavy atom. The van der Waals surface area contributed by atoms with Crippen molar-refractivity contribution in [3.63, 3.8) is 0 Å². The van der Waals surface area contributed by atoms with Crippen molar-refractivity contribution in [2.75, 3.05) is 0 Å². The SMILES string of the molecule is CC(C)C(C)N[C@@H]1CCCC[C@H]1NC(C)C(C)C. The summed E-state index contributed by atoms with van der Waals surface area (Å²) in [4.78, 5) is 0. The molecule has 1 aliphatic rings. The van der Waals surface area contributed by atoms with Gasteiger partial charge in [0.2, 0.25) is 0 Å². The van der Waals surface area contributed by atoms with E-state index < -0.39 is 0 Å². The second-order valence-corrected chi connectivity index (χ2v) is 6.90. The van der Waals surface area contributed by atoms with Crippen molar-refractivity contribution in [2.24, 2.45) is 11.8 Å². The van der Waals surface area contributed by atoms with E-state index in [0.717, 1.165) is 11.8 Å².